The van der Waals surface area contributed by atoms with Crippen molar-refractivity contribution < 1.29 is 14.3 Å². The molecule has 2 rings (SSSR count). The second kappa shape index (κ2) is 4.69. The molecule has 0 aliphatic heterocycles. The first kappa shape index (κ1) is 11.2. The summed E-state index contributed by atoms with van der Waals surface area (Å²) in [5.74, 6) is -1.20. The highest BCUT2D eigenvalue weighted by molar-refractivity contribution is 5.92. The summed E-state index contributed by atoms with van der Waals surface area (Å²) in [6.45, 7) is -0.680. The lowest BCUT2D eigenvalue weighted by molar-refractivity contribution is 0.0691. The Morgan fingerprint density at radius 2 is 2.35 bits per heavy atom. The van der Waals surface area contributed by atoms with Gasteiger partial charge in [-0.25, -0.2) is 13.9 Å². The number of carboxylic acid groups (broad SMARTS) is 1. The zero-order chi connectivity index (χ0) is 12.3. The van der Waals surface area contributed by atoms with Gasteiger partial charge in [-0.3, -0.25) is 4.98 Å². The molecule has 88 valence electrons. The van der Waals surface area contributed by atoms with Gasteiger partial charge in [0.2, 0.25) is 0 Å². The summed E-state index contributed by atoms with van der Waals surface area (Å²) in [5.41, 5.74) is 0.609. The number of hydrogen-bond donors (Lipinski definition) is 1. The molecular weight excluding hydrogens is 227 g/mol. The van der Waals surface area contributed by atoms with Crippen molar-refractivity contribution in [3.8, 4) is 11.3 Å². The van der Waals surface area contributed by atoms with E-state index in [0.717, 1.165) is 0 Å². The van der Waals surface area contributed by atoms with Crippen molar-refractivity contribution in [1.82, 2.24) is 20.0 Å². The molecule has 0 saturated carbocycles. The van der Waals surface area contributed by atoms with Gasteiger partial charge in [-0.1, -0.05) is 5.21 Å². The third kappa shape index (κ3) is 2.12. The molecule has 0 atom stereocenters. The Morgan fingerprint density at radius 3 is 2.94 bits per heavy atom. The van der Waals surface area contributed by atoms with E-state index in [1.54, 1.807) is 18.3 Å². The van der Waals surface area contributed by atoms with Crippen LogP contribution in [0.15, 0.2) is 24.5 Å². The lowest BCUT2D eigenvalue weighted by Crippen LogP contribution is -2.06. The zero-order valence-corrected chi connectivity index (χ0v) is 8.75. The third-order valence-corrected chi connectivity index (χ3v) is 2.17. The minimum atomic E-state index is -1.20. The maximum atomic E-state index is 12.3. The van der Waals surface area contributed by atoms with Gasteiger partial charge >= 0.3 is 5.97 Å². The molecular formula is C10H9FN4O2. The van der Waals surface area contributed by atoms with Crippen LogP contribution in [0.1, 0.15) is 10.5 Å². The largest absolute Gasteiger partial charge is 0.476 e. The van der Waals surface area contributed by atoms with E-state index in [1.165, 1.54) is 10.9 Å². The number of aromatic carboxylic acids is 1. The summed E-state index contributed by atoms with van der Waals surface area (Å²) >= 11 is 0. The van der Waals surface area contributed by atoms with Gasteiger partial charge in [-0.15, -0.1) is 5.10 Å². The predicted octanol–water partition coefficient (Wildman–Crippen LogP) is 1.01. The molecule has 0 saturated heterocycles. The quantitative estimate of drug-likeness (QED) is 0.856. The lowest BCUT2D eigenvalue weighted by Gasteiger charge is -2.04. The molecule has 0 fully saturated rings. The molecule has 0 radical (unpaired) electrons. The number of aromatic nitrogens is 4. The normalized spacial score (nSPS) is 10.4. The molecule has 2 aromatic rings. The molecule has 0 aliphatic carbocycles. The highest BCUT2D eigenvalue weighted by Crippen LogP contribution is 2.21. The van der Waals surface area contributed by atoms with Crippen LogP contribution < -0.4 is 0 Å². The molecule has 6 nitrogen and oxygen atoms in total. The van der Waals surface area contributed by atoms with E-state index < -0.39 is 12.6 Å². The van der Waals surface area contributed by atoms with Crippen molar-refractivity contribution >= 4 is 5.97 Å². The van der Waals surface area contributed by atoms with Crippen LogP contribution in [-0.2, 0) is 6.54 Å². The molecule has 0 bridgehead atoms. The SMILES string of the molecule is O=C(O)c1nnn(CCF)c1-c1cccnc1. The van der Waals surface area contributed by atoms with E-state index in [-0.39, 0.29) is 17.9 Å². The number of nitrogens with zero attached hydrogens (tertiary/aromatic N) is 4. The smallest absolute Gasteiger partial charge is 0.358 e. The van der Waals surface area contributed by atoms with Gasteiger partial charge in [0.05, 0.1) is 6.54 Å². The van der Waals surface area contributed by atoms with Gasteiger partial charge in [-0.2, -0.15) is 0 Å². The van der Waals surface area contributed by atoms with Gasteiger partial charge in [0.15, 0.2) is 5.69 Å². The van der Waals surface area contributed by atoms with Crippen LogP contribution in [-0.4, -0.2) is 37.7 Å². The van der Waals surface area contributed by atoms with Crippen molar-refractivity contribution in [3.63, 3.8) is 0 Å². The molecule has 2 heterocycles. The molecule has 0 aromatic carbocycles. The first-order chi connectivity index (χ1) is 8.24. The lowest BCUT2D eigenvalue weighted by atomic mass is 10.1. The Balaban J connectivity index is 2.56. The summed E-state index contributed by atoms with van der Waals surface area (Å²) in [4.78, 5) is 14.9. The summed E-state index contributed by atoms with van der Waals surface area (Å²) in [6, 6.07) is 3.33. The molecule has 2 aromatic heterocycles. The topological polar surface area (TPSA) is 80.9 Å². The van der Waals surface area contributed by atoms with Crippen LogP contribution in [0.3, 0.4) is 0 Å². The number of carboxylic acids is 1. The summed E-state index contributed by atoms with van der Waals surface area (Å²) in [7, 11) is 0. The van der Waals surface area contributed by atoms with E-state index in [9.17, 15) is 9.18 Å². The molecule has 7 heteroatoms. The average molecular weight is 236 g/mol. The second-order valence-corrected chi connectivity index (χ2v) is 3.25. The predicted molar refractivity (Wildman–Crippen MR) is 56.2 cm³/mol. The number of alkyl halides is 1. The van der Waals surface area contributed by atoms with E-state index in [1.807, 2.05) is 0 Å². The highest BCUT2D eigenvalue weighted by atomic mass is 19.1. The van der Waals surface area contributed by atoms with Crippen LogP contribution in [0.25, 0.3) is 11.3 Å². The van der Waals surface area contributed by atoms with Crippen molar-refractivity contribution in [2.75, 3.05) is 6.67 Å². The van der Waals surface area contributed by atoms with Crippen LogP contribution in [0.4, 0.5) is 4.39 Å². The van der Waals surface area contributed by atoms with Crippen molar-refractivity contribution in [2.24, 2.45) is 0 Å². The Morgan fingerprint density at radius 1 is 1.53 bits per heavy atom. The molecule has 0 unspecified atom stereocenters. The highest BCUT2D eigenvalue weighted by Gasteiger charge is 2.20. The molecule has 0 spiro atoms. The average Bonchev–Trinajstić information content (AvgIpc) is 2.74. The molecule has 0 aliphatic rings. The number of aryl methyl sites for hydroxylation is 1. The van der Waals surface area contributed by atoms with Crippen molar-refractivity contribution in [1.29, 1.82) is 0 Å². The van der Waals surface area contributed by atoms with E-state index >= 15 is 0 Å². The van der Waals surface area contributed by atoms with Crippen molar-refractivity contribution in [2.45, 2.75) is 6.54 Å². The molecule has 1 N–H and O–H groups in total. The fourth-order valence-corrected chi connectivity index (χ4v) is 1.48. The van der Waals surface area contributed by atoms with E-state index in [0.29, 0.717) is 5.56 Å². The van der Waals surface area contributed by atoms with Crippen LogP contribution in [0.2, 0.25) is 0 Å². The third-order valence-electron chi connectivity index (χ3n) is 2.17. The van der Waals surface area contributed by atoms with Crippen molar-refractivity contribution in [3.05, 3.63) is 30.2 Å². The van der Waals surface area contributed by atoms with Crippen LogP contribution >= 0.6 is 0 Å². The summed E-state index contributed by atoms with van der Waals surface area (Å²) in [6.07, 6.45) is 3.05. The fraction of sp³-hybridized carbons (Fsp3) is 0.200. The summed E-state index contributed by atoms with van der Waals surface area (Å²) < 4.78 is 13.6. The number of rotatable bonds is 4. The van der Waals surface area contributed by atoms with Gasteiger partial charge < -0.3 is 5.11 Å². The van der Waals surface area contributed by atoms with E-state index in [2.05, 4.69) is 15.3 Å². The molecule has 0 amide bonds. The number of pyridine rings is 1. The Kier molecular flexibility index (Phi) is 3.08. The fourth-order valence-electron chi connectivity index (χ4n) is 1.48. The van der Waals surface area contributed by atoms with Crippen LogP contribution in [0.5, 0.6) is 0 Å². The Bertz CT molecular complexity index is 526. The van der Waals surface area contributed by atoms with Gasteiger partial charge in [-0.05, 0) is 12.1 Å². The minimum Gasteiger partial charge on any atom is -0.476 e. The maximum absolute atomic E-state index is 12.3. The summed E-state index contributed by atoms with van der Waals surface area (Å²) in [5, 5.41) is 16.1. The van der Waals surface area contributed by atoms with Gasteiger partial charge in [0, 0.05) is 18.0 Å². The zero-order valence-electron chi connectivity index (χ0n) is 8.75. The Labute approximate surface area is 95.7 Å². The van der Waals surface area contributed by atoms with E-state index in [4.69, 9.17) is 5.11 Å². The monoisotopic (exact) mass is 236 g/mol. The Hall–Kier alpha value is -2.31. The number of carbonyl (C=O) groups is 1. The van der Waals surface area contributed by atoms with Gasteiger partial charge in [0.1, 0.15) is 12.4 Å². The van der Waals surface area contributed by atoms with Crippen LogP contribution in [0, 0.1) is 0 Å². The van der Waals surface area contributed by atoms with Gasteiger partial charge in [0.25, 0.3) is 0 Å². The minimum absolute atomic E-state index is 0.0372. The molecule has 17 heavy (non-hydrogen) atoms. The number of halogens is 1. The number of hydrogen-bond acceptors (Lipinski definition) is 4. The maximum Gasteiger partial charge on any atom is 0.358 e. The first-order valence-electron chi connectivity index (χ1n) is 4.87. The second-order valence-electron chi connectivity index (χ2n) is 3.25. The standard InChI is InChI=1S/C10H9FN4O2/c11-3-5-15-9(7-2-1-4-12-6-7)8(10(16)17)13-14-15/h1-2,4,6H,3,5H2,(H,16,17). The first-order valence-corrected chi connectivity index (χ1v) is 4.87.